The summed E-state index contributed by atoms with van der Waals surface area (Å²) in [6, 6.07) is 1.07. The van der Waals surface area contributed by atoms with Crippen LogP contribution in [-0.4, -0.2) is 25.6 Å². The Bertz CT molecular complexity index is 785. The van der Waals surface area contributed by atoms with Crippen LogP contribution in [0.3, 0.4) is 0 Å². The number of rotatable bonds is 3. The van der Waals surface area contributed by atoms with Crippen LogP contribution in [0.25, 0.3) is 0 Å². The molecule has 8 nitrogen and oxygen atoms in total. The third kappa shape index (κ3) is 3.44. The van der Waals surface area contributed by atoms with E-state index in [1.807, 2.05) is 0 Å². The van der Waals surface area contributed by atoms with Crippen molar-refractivity contribution in [2.75, 3.05) is 5.32 Å². The summed E-state index contributed by atoms with van der Waals surface area (Å²) < 4.78 is 38.9. The van der Waals surface area contributed by atoms with Gasteiger partial charge in [0.05, 0.1) is 16.8 Å². The van der Waals surface area contributed by atoms with Crippen LogP contribution in [0.15, 0.2) is 18.5 Å². The first-order valence-corrected chi connectivity index (χ1v) is 6.13. The average molecular weight is 329 g/mol. The first kappa shape index (κ1) is 16.4. The number of carbonyl (C=O) groups excluding carboxylic acids is 1. The Morgan fingerprint density at radius 2 is 2.09 bits per heavy atom. The molecule has 11 heteroatoms. The lowest BCUT2D eigenvalue weighted by molar-refractivity contribution is -0.385. The van der Waals surface area contributed by atoms with Crippen molar-refractivity contribution in [3.63, 3.8) is 0 Å². The minimum absolute atomic E-state index is 0.0274. The molecule has 2 aromatic heterocycles. The molecule has 0 unspecified atom stereocenters. The highest BCUT2D eigenvalue weighted by Gasteiger charge is 2.34. The normalized spacial score (nSPS) is 11.3. The van der Waals surface area contributed by atoms with Crippen LogP contribution in [0.1, 0.15) is 21.7 Å². The lowest BCUT2D eigenvalue weighted by Gasteiger charge is -2.10. The van der Waals surface area contributed by atoms with Crippen molar-refractivity contribution < 1.29 is 22.9 Å². The van der Waals surface area contributed by atoms with E-state index in [0.29, 0.717) is 0 Å². The maximum Gasteiger partial charge on any atom is 0.433 e. The molecule has 0 aromatic carbocycles. The van der Waals surface area contributed by atoms with Crippen LogP contribution in [0.4, 0.5) is 24.5 Å². The first-order valence-electron chi connectivity index (χ1n) is 6.13. The van der Waals surface area contributed by atoms with E-state index in [2.05, 4.69) is 15.4 Å². The summed E-state index contributed by atoms with van der Waals surface area (Å²) in [4.78, 5) is 25.3. The molecule has 1 amide bonds. The smallest absolute Gasteiger partial charge is 0.319 e. The summed E-state index contributed by atoms with van der Waals surface area (Å²) in [6.07, 6.45) is -2.74. The highest BCUT2D eigenvalue weighted by atomic mass is 19.4. The minimum atomic E-state index is -4.60. The first-order chi connectivity index (χ1) is 10.6. The fourth-order valence-corrected chi connectivity index (χ4v) is 1.90. The van der Waals surface area contributed by atoms with Crippen molar-refractivity contribution in [3.05, 3.63) is 45.5 Å². The van der Waals surface area contributed by atoms with Crippen molar-refractivity contribution >= 4 is 17.3 Å². The number of halogens is 3. The molecular weight excluding hydrogens is 319 g/mol. The van der Waals surface area contributed by atoms with E-state index >= 15 is 0 Å². The van der Waals surface area contributed by atoms with Gasteiger partial charge in [0.2, 0.25) is 5.69 Å². The SMILES string of the molecule is Cc1cc(NC(=O)c2nn(C)cc2[N+](=O)[O-])cnc1C(F)(F)F. The van der Waals surface area contributed by atoms with Gasteiger partial charge in [0.1, 0.15) is 11.9 Å². The molecule has 0 atom stereocenters. The van der Waals surface area contributed by atoms with Gasteiger partial charge in [-0.25, -0.2) is 4.98 Å². The number of nitro groups is 1. The Kier molecular flexibility index (Phi) is 4.04. The fourth-order valence-electron chi connectivity index (χ4n) is 1.90. The van der Waals surface area contributed by atoms with Crippen LogP contribution in [0.5, 0.6) is 0 Å². The van der Waals surface area contributed by atoms with E-state index in [9.17, 15) is 28.1 Å². The molecule has 0 aliphatic carbocycles. The molecule has 0 aliphatic rings. The molecule has 0 aliphatic heterocycles. The number of aryl methyl sites for hydroxylation is 2. The zero-order valence-corrected chi connectivity index (χ0v) is 11.9. The zero-order valence-electron chi connectivity index (χ0n) is 11.9. The van der Waals surface area contributed by atoms with Crippen LogP contribution < -0.4 is 5.32 Å². The van der Waals surface area contributed by atoms with E-state index in [0.717, 1.165) is 23.1 Å². The van der Waals surface area contributed by atoms with Gasteiger partial charge in [0.25, 0.3) is 5.91 Å². The Balaban J connectivity index is 2.28. The lowest BCUT2D eigenvalue weighted by atomic mass is 10.2. The summed E-state index contributed by atoms with van der Waals surface area (Å²) >= 11 is 0. The van der Waals surface area contributed by atoms with Crippen molar-refractivity contribution in [2.45, 2.75) is 13.1 Å². The van der Waals surface area contributed by atoms with Gasteiger partial charge in [0.15, 0.2) is 0 Å². The van der Waals surface area contributed by atoms with E-state index < -0.39 is 34.1 Å². The fraction of sp³-hybridized carbons (Fsp3) is 0.250. The lowest BCUT2D eigenvalue weighted by Crippen LogP contribution is -2.16. The van der Waals surface area contributed by atoms with Gasteiger partial charge in [-0.1, -0.05) is 0 Å². The largest absolute Gasteiger partial charge is 0.433 e. The van der Waals surface area contributed by atoms with Crippen molar-refractivity contribution in [1.82, 2.24) is 14.8 Å². The number of pyridine rings is 1. The molecule has 0 saturated heterocycles. The number of nitrogens with zero attached hydrogens (tertiary/aromatic N) is 4. The second-order valence-corrected chi connectivity index (χ2v) is 4.64. The van der Waals surface area contributed by atoms with Gasteiger partial charge in [-0.15, -0.1) is 0 Å². The molecule has 23 heavy (non-hydrogen) atoms. The highest BCUT2D eigenvalue weighted by molar-refractivity contribution is 6.05. The van der Waals surface area contributed by atoms with Crippen LogP contribution >= 0.6 is 0 Å². The monoisotopic (exact) mass is 329 g/mol. The van der Waals surface area contributed by atoms with Crippen LogP contribution in [-0.2, 0) is 13.2 Å². The molecule has 2 aromatic rings. The molecule has 0 radical (unpaired) electrons. The number of alkyl halides is 3. The molecular formula is C12H10F3N5O3. The van der Waals surface area contributed by atoms with Gasteiger partial charge in [0, 0.05) is 7.05 Å². The summed E-state index contributed by atoms with van der Waals surface area (Å²) in [7, 11) is 1.40. The van der Waals surface area contributed by atoms with Gasteiger partial charge < -0.3 is 5.32 Å². The number of aromatic nitrogens is 3. The van der Waals surface area contributed by atoms with E-state index in [1.54, 1.807) is 0 Å². The number of carbonyl (C=O) groups is 1. The molecule has 2 rings (SSSR count). The third-order valence-corrected chi connectivity index (χ3v) is 2.83. The number of amides is 1. The Hall–Kier alpha value is -2.98. The van der Waals surface area contributed by atoms with Crippen molar-refractivity contribution in [1.29, 1.82) is 0 Å². The molecule has 0 fully saturated rings. The van der Waals surface area contributed by atoms with E-state index in [4.69, 9.17) is 0 Å². The average Bonchev–Trinajstić information content (AvgIpc) is 2.79. The molecule has 2 heterocycles. The van der Waals surface area contributed by atoms with Gasteiger partial charge in [-0.3, -0.25) is 19.6 Å². The Labute approximate surface area is 127 Å². The number of anilines is 1. The topological polar surface area (TPSA) is 103 Å². The molecule has 0 bridgehead atoms. The van der Waals surface area contributed by atoms with Gasteiger partial charge in [-0.05, 0) is 18.6 Å². The molecule has 1 N–H and O–H groups in total. The zero-order chi connectivity index (χ0) is 17.4. The summed E-state index contributed by atoms with van der Waals surface area (Å²) in [6.45, 7) is 1.19. The maximum absolute atomic E-state index is 12.6. The molecule has 0 spiro atoms. The predicted octanol–water partition coefficient (Wildman–Crippen LogP) is 2.30. The van der Waals surface area contributed by atoms with E-state index in [-0.39, 0.29) is 11.3 Å². The summed E-state index contributed by atoms with van der Waals surface area (Å²) in [5.41, 5.74) is -2.25. The second-order valence-electron chi connectivity index (χ2n) is 4.64. The highest BCUT2D eigenvalue weighted by Crippen LogP contribution is 2.31. The number of nitrogens with one attached hydrogen (secondary N) is 1. The predicted molar refractivity (Wildman–Crippen MR) is 71.8 cm³/mol. The minimum Gasteiger partial charge on any atom is -0.319 e. The van der Waals surface area contributed by atoms with Crippen LogP contribution in [0, 0.1) is 17.0 Å². The van der Waals surface area contributed by atoms with Gasteiger partial charge >= 0.3 is 11.9 Å². The van der Waals surface area contributed by atoms with E-state index in [1.165, 1.54) is 14.0 Å². The standard InChI is InChI=1S/C12H10F3N5O3/c1-6-3-7(4-16-10(6)12(13,14)15)17-11(21)9-8(20(22)23)5-19(2)18-9/h3-5H,1-2H3,(H,17,21). The Morgan fingerprint density at radius 1 is 1.43 bits per heavy atom. The molecule has 122 valence electrons. The maximum atomic E-state index is 12.6. The summed E-state index contributed by atoms with van der Waals surface area (Å²) in [5, 5.41) is 16.7. The van der Waals surface area contributed by atoms with Gasteiger partial charge in [-0.2, -0.15) is 18.3 Å². The van der Waals surface area contributed by atoms with Crippen LogP contribution in [0.2, 0.25) is 0 Å². The number of hydrogen-bond acceptors (Lipinski definition) is 5. The molecule has 0 saturated carbocycles. The van der Waals surface area contributed by atoms with Crippen molar-refractivity contribution in [2.24, 2.45) is 7.05 Å². The Morgan fingerprint density at radius 3 is 2.61 bits per heavy atom. The third-order valence-electron chi connectivity index (χ3n) is 2.83. The second kappa shape index (κ2) is 5.66. The summed E-state index contributed by atoms with van der Waals surface area (Å²) in [5.74, 6) is -0.918. The van der Waals surface area contributed by atoms with Crippen molar-refractivity contribution in [3.8, 4) is 0 Å². The quantitative estimate of drug-likeness (QED) is 0.687. The number of hydrogen-bond donors (Lipinski definition) is 1.